The van der Waals surface area contributed by atoms with Crippen molar-refractivity contribution >= 4 is 5.91 Å². The van der Waals surface area contributed by atoms with E-state index in [1.165, 1.54) is 55.3 Å². The van der Waals surface area contributed by atoms with Crippen LogP contribution in [0.4, 0.5) is 0 Å². The Balaban J connectivity index is 1.12. The van der Waals surface area contributed by atoms with Crippen molar-refractivity contribution in [3.8, 4) is 5.75 Å². The van der Waals surface area contributed by atoms with Gasteiger partial charge in [0.05, 0.1) is 12.6 Å². The van der Waals surface area contributed by atoms with Gasteiger partial charge in [0.25, 0.3) is 0 Å². The summed E-state index contributed by atoms with van der Waals surface area (Å²) in [4.78, 5) is 19.6. The van der Waals surface area contributed by atoms with Crippen LogP contribution in [0.2, 0.25) is 0 Å². The standard InChI is InChI=1S/C24H33N3O2/c28-24(27-14-12-26(13-15-27)21-4-3-5-21)18-25-11-10-19-16-23(9-8-20(19)17-25)29-22-6-1-2-7-22/h4,8-9,16,22H,1-3,5-7,10-15,17-18H2. The summed E-state index contributed by atoms with van der Waals surface area (Å²) >= 11 is 0. The first-order chi connectivity index (χ1) is 14.2. The Hall–Kier alpha value is -2.01. The van der Waals surface area contributed by atoms with Crippen molar-refractivity contribution in [2.24, 2.45) is 0 Å². The van der Waals surface area contributed by atoms with Gasteiger partial charge < -0.3 is 14.5 Å². The molecule has 5 rings (SSSR count). The van der Waals surface area contributed by atoms with E-state index >= 15 is 0 Å². The first-order valence-electron chi connectivity index (χ1n) is 11.5. The predicted molar refractivity (Wildman–Crippen MR) is 114 cm³/mol. The summed E-state index contributed by atoms with van der Waals surface area (Å²) in [7, 11) is 0. The zero-order valence-corrected chi connectivity index (χ0v) is 17.4. The molecule has 4 aliphatic rings. The van der Waals surface area contributed by atoms with Gasteiger partial charge in [-0.05, 0) is 68.2 Å². The van der Waals surface area contributed by atoms with Crippen LogP contribution in [-0.4, -0.2) is 66.0 Å². The van der Waals surface area contributed by atoms with Gasteiger partial charge in [0.15, 0.2) is 0 Å². The summed E-state index contributed by atoms with van der Waals surface area (Å²) in [5.41, 5.74) is 4.23. The molecule has 2 aliphatic carbocycles. The molecule has 2 aliphatic heterocycles. The number of hydrogen-bond donors (Lipinski definition) is 0. The van der Waals surface area contributed by atoms with Gasteiger partial charge in [0.2, 0.25) is 5.91 Å². The Morgan fingerprint density at radius 2 is 1.79 bits per heavy atom. The van der Waals surface area contributed by atoms with Gasteiger partial charge in [-0.15, -0.1) is 0 Å². The Morgan fingerprint density at radius 1 is 1.00 bits per heavy atom. The molecule has 156 valence electrons. The predicted octanol–water partition coefficient (Wildman–Crippen LogP) is 3.19. The third-order valence-corrected chi connectivity index (χ3v) is 7.05. The summed E-state index contributed by atoms with van der Waals surface area (Å²) in [5.74, 6) is 1.32. The fraction of sp³-hybridized carbons (Fsp3) is 0.625. The monoisotopic (exact) mass is 395 g/mol. The molecule has 0 radical (unpaired) electrons. The zero-order valence-electron chi connectivity index (χ0n) is 17.4. The molecule has 5 heteroatoms. The number of piperazine rings is 1. The second-order valence-electron chi connectivity index (χ2n) is 9.02. The summed E-state index contributed by atoms with van der Waals surface area (Å²) in [6.07, 6.45) is 11.2. The maximum Gasteiger partial charge on any atom is 0.236 e. The molecule has 0 aromatic heterocycles. The number of carbonyl (C=O) groups is 1. The molecule has 0 bridgehead atoms. The summed E-state index contributed by atoms with van der Waals surface area (Å²) < 4.78 is 6.17. The Bertz CT molecular complexity index is 776. The van der Waals surface area contributed by atoms with Crippen molar-refractivity contribution in [2.45, 2.75) is 57.6 Å². The Labute approximate surface area is 174 Å². The van der Waals surface area contributed by atoms with Gasteiger partial charge in [0.1, 0.15) is 5.75 Å². The topological polar surface area (TPSA) is 36.0 Å². The van der Waals surface area contributed by atoms with E-state index in [-0.39, 0.29) is 5.91 Å². The lowest BCUT2D eigenvalue weighted by Gasteiger charge is -2.40. The maximum absolute atomic E-state index is 12.8. The number of carbonyl (C=O) groups excluding carboxylic acids is 1. The number of ether oxygens (including phenoxy) is 1. The van der Waals surface area contributed by atoms with Gasteiger partial charge in [-0.25, -0.2) is 0 Å². The number of nitrogens with zero attached hydrogens (tertiary/aromatic N) is 3. The highest BCUT2D eigenvalue weighted by molar-refractivity contribution is 5.78. The minimum atomic E-state index is 0.289. The largest absolute Gasteiger partial charge is 0.490 e. The number of amides is 1. The molecule has 2 fully saturated rings. The molecule has 1 aromatic rings. The summed E-state index contributed by atoms with van der Waals surface area (Å²) in [6.45, 7) is 6.08. The highest BCUT2D eigenvalue weighted by Gasteiger charge is 2.26. The van der Waals surface area contributed by atoms with Crippen LogP contribution in [0.25, 0.3) is 0 Å². The third-order valence-electron chi connectivity index (χ3n) is 7.05. The molecule has 1 amide bonds. The van der Waals surface area contributed by atoms with Gasteiger partial charge in [-0.1, -0.05) is 12.1 Å². The van der Waals surface area contributed by atoms with Crippen LogP contribution in [0.1, 0.15) is 49.7 Å². The van der Waals surface area contributed by atoms with Crippen molar-refractivity contribution in [3.05, 3.63) is 41.1 Å². The van der Waals surface area contributed by atoms with Crippen molar-refractivity contribution in [3.63, 3.8) is 0 Å². The van der Waals surface area contributed by atoms with E-state index in [0.717, 1.165) is 51.4 Å². The lowest BCUT2D eigenvalue weighted by Crippen LogP contribution is -2.51. The van der Waals surface area contributed by atoms with Gasteiger partial charge >= 0.3 is 0 Å². The van der Waals surface area contributed by atoms with Crippen molar-refractivity contribution in [1.29, 1.82) is 0 Å². The number of hydrogen-bond acceptors (Lipinski definition) is 4. The van der Waals surface area contributed by atoms with Crippen molar-refractivity contribution in [1.82, 2.24) is 14.7 Å². The molecule has 1 saturated carbocycles. The average molecular weight is 396 g/mol. The lowest BCUT2D eigenvalue weighted by molar-refractivity contribution is -0.134. The molecule has 0 unspecified atom stereocenters. The maximum atomic E-state index is 12.8. The van der Waals surface area contributed by atoms with Gasteiger partial charge in [-0.2, -0.15) is 0 Å². The van der Waals surface area contributed by atoms with Crippen LogP contribution < -0.4 is 4.74 Å². The highest BCUT2D eigenvalue weighted by Crippen LogP contribution is 2.28. The molecule has 0 N–H and O–H groups in total. The van der Waals surface area contributed by atoms with Gasteiger partial charge in [-0.3, -0.25) is 9.69 Å². The van der Waals surface area contributed by atoms with Crippen LogP contribution >= 0.6 is 0 Å². The fourth-order valence-corrected chi connectivity index (χ4v) is 5.09. The summed E-state index contributed by atoms with van der Waals surface area (Å²) in [5, 5.41) is 0. The van der Waals surface area contributed by atoms with Crippen molar-refractivity contribution in [2.75, 3.05) is 39.3 Å². The smallest absolute Gasteiger partial charge is 0.236 e. The molecule has 0 spiro atoms. The molecular weight excluding hydrogens is 362 g/mol. The number of allylic oxidation sites excluding steroid dienone is 2. The third kappa shape index (κ3) is 4.30. The first-order valence-corrected chi connectivity index (χ1v) is 11.5. The molecule has 2 heterocycles. The minimum Gasteiger partial charge on any atom is -0.490 e. The normalized spacial score (nSPS) is 22.8. The lowest BCUT2D eigenvalue weighted by atomic mass is 9.99. The SMILES string of the molecule is O=C(CN1CCc2cc(OC3CCCC3)ccc2C1)N1CCN(C2=CCC2)CC1. The minimum absolute atomic E-state index is 0.289. The quantitative estimate of drug-likeness (QED) is 0.767. The van der Waals surface area contributed by atoms with E-state index in [9.17, 15) is 4.79 Å². The van der Waals surface area contributed by atoms with E-state index in [0.29, 0.717) is 12.6 Å². The van der Waals surface area contributed by atoms with E-state index in [1.54, 1.807) is 0 Å². The molecule has 1 saturated heterocycles. The second kappa shape index (κ2) is 8.39. The molecule has 1 aromatic carbocycles. The van der Waals surface area contributed by atoms with Crippen molar-refractivity contribution < 1.29 is 9.53 Å². The molecular formula is C24H33N3O2. The Morgan fingerprint density at radius 3 is 2.52 bits per heavy atom. The number of fused-ring (bicyclic) bond motifs is 1. The Kier molecular flexibility index (Phi) is 5.49. The average Bonchev–Trinajstić information content (AvgIpc) is 3.20. The van der Waals surface area contributed by atoms with Crippen LogP contribution in [0.5, 0.6) is 5.75 Å². The number of benzene rings is 1. The van der Waals surface area contributed by atoms with Gasteiger partial charge in [0, 0.05) is 45.0 Å². The van der Waals surface area contributed by atoms with Crippen LogP contribution in [0.3, 0.4) is 0 Å². The first kappa shape index (κ1) is 19.0. The summed E-state index contributed by atoms with van der Waals surface area (Å²) in [6, 6.07) is 6.57. The van der Waals surface area contributed by atoms with Crippen LogP contribution in [-0.2, 0) is 17.8 Å². The second-order valence-corrected chi connectivity index (χ2v) is 9.02. The fourth-order valence-electron chi connectivity index (χ4n) is 5.09. The van der Waals surface area contributed by atoms with E-state index in [1.807, 2.05) is 0 Å². The van der Waals surface area contributed by atoms with Crippen LogP contribution in [0.15, 0.2) is 30.0 Å². The zero-order chi connectivity index (χ0) is 19.6. The molecule has 29 heavy (non-hydrogen) atoms. The van der Waals surface area contributed by atoms with E-state index in [4.69, 9.17) is 4.74 Å². The number of rotatable bonds is 5. The van der Waals surface area contributed by atoms with Crippen LogP contribution in [0, 0.1) is 0 Å². The van der Waals surface area contributed by atoms with E-state index in [2.05, 4.69) is 39.0 Å². The molecule has 5 nitrogen and oxygen atoms in total. The molecule has 0 atom stereocenters. The van der Waals surface area contributed by atoms with E-state index < -0.39 is 0 Å². The highest BCUT2D eigenvalue weighted by atomic mass is 16.5.